The largest absolute Gasteiger partial charge is 0.348 e. The molecule has 23 heavy (non-hydrogen) atoms. The maximum Gasteiger partial charge on any atom is 0.273 e. The average molecular weight is 312 g/mol. The number of aromatic nitrogens is 3. The van der Waals surface area contributed by atoms with Crippen LogP contribution in [0.4, 0.5) is 0 Å². The second-order valence-electron chi connectivity index (χ2n) is 6.65. The van der Waals surface area contributed by atoms with Crippen molar-refractivity contribution in [3.05, 3.63) is 41.0 Å². The van der Waals surface area contributed by atoms with Crippen LogP contribution in [0.3, 0.4) is 0 Å². The van der Waals surface area contributed by atoms with Crippen molar-refractivity contribution in [1.82, 2.24) is 19.2 Å². The summed E-state index contributed by atoms with van der Waals surface area (Å²) in [6, 6.07) is 4.39. The fourth-order valence-corrected chi connectivity index (χ4v) is 4.22. The van der Waals surface area contributed by atoms with E-state index in [9.17, 15) is 4.79 Å². The molecular weight excluding hydrogens is 288 g/mol. The molecule has 0 saturated heterocycles. The van der Waals surface area contributed by atoms with Gasteiger partial charge in [-0.05, 0) is 44.2 Å². The number of rotatable bonds is 2. The molecule has 0 saturated carbocycles. The van der Waals surface area contributed by atoms with Gasteiger partial charge in [-0.1, -0.05) is 6.92 Å². The van der Waals surface area contributed by atoms with Crippen LogP contribution in [-0.4, -0.2) is 31.7 Å². The number of aryl methyl sites for hydroxylation is 2. The molecule has 1 aliphatic carbocycles. The van der Waals surface area contributed by atoms with Gasteiger partial charge < -0.3 is 9.47 Å². The molecule has 2 aliphatic rings. The van der Waals surface area contributed by atoms with Crippen molar-refractivity contribution in [2.24, 2.45) is 7.05 Å². The van der Waals surface area contributed by atoms with E-state index in [0.29, 0.717) is 0 Å². The minimum absolute atomic E-state index is 0.155. The summed E-state index contributed by atoms with van der Waals surface area (Å²) in [4.78, 5) is 15.4. The second-order valence-corrected chi connectivity index (χ2v) is 6.65. The maximum absolute atomic E-state index is 13.3. The Morgan fingerprint density at radius 3 is 2.96 bits per heavy atom. The zero-order valence-electron chi connectivity index (χ0n) is 14.0. The van der Waals surface area contributed by atoms with E-state index in [1.165, 1.54) is 24.1 Å². The number of carbonyl (C=O) groups excluding carboxylic acids is 1. The molecule has 5 nitrogen and oxygen atoms in total. The molecule has 1 aliphatic heterocycles. The van der Waals surface area contributed by atoms with Crippen LogP contribution >= 0.6 is 0 Å². The van der Waals surface area contributed by atoms with E-state index >= 15 is 0 Å². The van der Waals surface area contributed by atoms with Crippen LogP contribution in [0, 0.1) is 0 Å². The lowest BCUT2D eigenvalue weighted by atomic mass is 9.95. The Kier molecular flexibility index (Phi) is 3.51. The molecule has 4 rings (SSSR count). The Bertz CT molecular complexity index is 742. The molecule has 0 unspecified atom stereocenters. The van der Waals surface area contributed by atoms with E-state index in [-0.39, 0.29) is 11.9 Å². The third-order valence-corrected chi connectivity index (χ3v) is 5.33. The molecular formula is C18H24N4O. The molecule has 0 N–H and O–H groups in total. The average Bonchev–Trinajstić information content (AvgIpc) is 3.16. The fraction of sp³-hybridized carbons (Fsp3) is 0.556. The first kappa shape index (κ1) is 14.5. The number of hydrogen-bond acceptors (Lipinski definition) is 2. The summed E-state index contributed by atoms with van der Waals surface area (Å²) in [5.74, 6) is 0.155. The van der Waals surface area contributed by atoms with Gasteiger partial charge in [-0.2, -0.15) is 5.10 Å². The lowest BCUT2D eigenvalue weighted by molar-refractivity contribution is 0.0605. The van der Waals surface area contributed by atoms with Crippen LogP contribution in [0.1, 0.15) is 59.7 Å². The molecule has 2 aromatic rings. The molecule has 0 bridgehead atoms. The Hall–Kier alpha value is -2.04. The van der Waals surface area contributed by atoms with E-state index in [4.69, 9.17) is 0 Å². The highest BCUT2D eigenvalue weighted by Gasteiger charge is 2.34. The zero-order chi connectivity index (χ0) is 16.0. The van der Waals surface area contributed by atoms with E-state index in [2.05, 4.69) is 39.8 Å². The number of amides is 1. The Labute approximate surface area is 136 Å². The topological polar surface area (TPSA) is 43.1 Å². The van der Waals surface area contributed by atoms with Gasteiger partial charge in [0, 0.05) is 37.6 Å². The predicted octanol–water partition coefficient (Wildman–Crippen LogP) is 2.71. The standard InChI is InChI=1S/C18H24N4O/c1-3-15-16-9-6-10-21(16)11-12-22(15)18(23)17-13-7-4-5-8-14(13)19-20(17)2/h6,9-10,15H,3-5,7-8,11-12H2,1-2H3/t15-/m0/s1. The Morgan fingerprint density at radius 1 is 1.30 bits per heavy atom. The van der Waals surface area contributed by atoms with Gasteiger partial charge in [0.1, 0.15) is 5.69 Å². The molecule has 1 atom stereocenters. The van der Waals surface area contributed by atoms with E-state index in [0.717, 1.165) is 43.7 Å². The molecule has 1 amide bonds. The molecule has 0 spiro atoms. The van der Waals surface area contributed by atoms with Crippen molar-refractivity contribution in [2.45, 2.75) is 51.6 Å². The van der Waals surface area contributed by atoms with E-state index in [1.54, 1.807) is 0 Å². The maximum atomic E-state index is 13.3. The van der Waals surface area contributed by atoms with Gasteiger partial charge in [0.15, 0.2) is 0 Å². The summed E-state index contributed by atoms with van der Waals surface area (Å²) in [5.41, 5.74) is 4.40. The molecule has 5 heteroatoms. The first-order chi connectivity index (χ1) is 11.2. The van der Waals surface area contributed by atoms with Crippen LogP contribution in [0.5, 0.6) is 0 Å². The Balaban J connectivity index is 1.71. The van der Waals surface area contributed by atoms with E-state index < -0.39 is 0 Å². The monoisotopic (exact) mass is 312 g/mol. The predicted molar refractivity (Wildman–Crippen MR) is 88.4 cm³/mol. The second kappa shape index (κ2) is 5.55. The van der Waals surface area contributed by atoms with Crippen molar-refractivity contribution in [3.63, 3.8) is 0 Å². The third-order valence-electron chi connectivity index (χ3n) is 5.33. The summed E-state index contributed by atoms with van der Waals surface area (Å²) in [6.45, 7) is 3.82. The molecule has 122 valence electrons. The van der Waals surface area contributed by atoms with Crippen molar-refractivity contribution < 1.29 is 4.79 Å². The van der Waals surface area contributed by atoms with Gasteiger partial charge in [-0.25, -0.2) is 0 Å². The first-order valence-corrected chi connectivity index (χ1v) is 8.71. The molecule has 0 radical (unpaired) electrons. The van der Waals surface area contributed by atoms with Crippen LogP contribution < -0.4 is 0 Å². The lowest BCUT2D eigenvalue weighted by Crippen LogP contribution is -2.42. The first-order valence-electron chi connectivity index (χ1n) is 8.71. The highest BCUT2D eigenvalue weighted by atomic mass is 16.2. The van der Waals surface area contributed by atoms with Crippen LogP contribution in [0.15, 0.2) is 18.3 Å². The summed E-state index contributed by atoms with van der Waals surface area (Å²) in [7, 11) is 1.92. The van der Waals surface area contributed by atoms with Gasteiger partial charge in [0.2, 0.25) is 0 Å². The summed E-state index contributed by atoms with van der Waals surface area (Å²) >= 11 is 0. The van der Waals surface area contributed by atoms with Gasteiger partial charge in [-0.3, -0.25) is 9.48 Å². The highest BCUT2D eigenvalue weighted by Crippen LogP contribution is 2.32. The molecule has 0 fully saturated rings. The quantitative estimate of drug-likeness (QED) is 0.856. The summed E-state index contributed by atoms with van der Waals surface area (Å²) in [6.07, 6.45) is 7.41. The normalized spacial score (nSPS) is 20.3. The van der Waals surface area contributed by atoms with Gasteiger partial charge in [-0.15, -0.1) is 0 Å². The fourth-order valence-electron chi connectivity index (χ4n) is 4.22. The minimum atomic E-state index is 0.155. The van der Waals surface area contributed by atoms with Crippen molar-refractivity contribution >= 4 is 5.91 Å². The third kappa shape index (κ3) is 2.21. The number of fused-ring (bicyclic) bond motifs is 2. The van der Waals surface area contributed by atoms with Crippen molar-refractivity contribution in [2.75, 3.05) is 6.54 Å². The summed E-state index contributed by atoms with van der Waals surface area (Å²) in [5, 5.41) is 4.62. The lowest BCUT2D eigenvalue weighted by Gasteiger charge is -2.36. The van der Waals surface area contributed by atoms with Gasteiger partial charge in [0.25, 0.3) is 5.91 Å². The van der Waals surface area contributed by atoms with Gasteiger partial charge in [0.05, 0.1) is 11.7 Å². The molecule has 2 aromatic heterocycles. The molecule has 3 heterocycles. The van der Waals surface area contributed by atoms with E-state index in [1.807, 2.05) is 11.7 Å². The Morgan fingerprint density at radius 2 is 2.13 bits per heavy atom. The number of nitrogens with zero attached hydrogens (tertiary/aromatic N) is 4. The van der Waals surface area contributed by atoms with Crippen LogP contribution in [0.2, 0.25) is 0 Å². The number of carbonyl (C=O) groups is 1. The summed E-state index contributed by atoms with van der Waals surface area (Å²) < 4.78 is 4.09. The highest BCUT2D eigenvalue weighted by molar-refractivity contribution is 5.94. The zero-order valence-corrected chi connectivity index (χ0v) is 14.0. The SMILES string of the molecule is CC[C@H]1c2cccn2CCN1C(=O)c1c2c(nn1C)CCCC2. The van der Waals surface area contributed by atoms with Crippen LogP contribution in [-0.2, 0) is 26.4 Å². The number of hydrogen-bond donors (Lipinski definition) is 0. The van der Waals surface area contributed by atoms with Crippen LogP contribution in [0.25, 0.3) is 0 Å². The van der Waals surface area contributed by atoms with Gasteiger partial charge >= 0.3 is 0 Å². The smallest absolute Gasteiger partial charge is 0.273 e. The molecule has 0 aromatic carbocycles. The minimum Gasteiger partial charge on any atom is -0.348 e. The van der Waals surface area contributed by atoms with Crippen molar-refractivity contribution in [1.29, 1.82) is 0 Å². The van der Waals surface area contributed by atoms with Crippen molar-refractivity contribution in [3.8, 4) is 0 Å².